The second kappa shape index (κ2) is 7.74. The molecule has 142 valence electrons. The molecule has 28 heavy (non-hydrogen) atoms. The molecule has 1 aromatic carbocycles. The van der Waals surface area contributed by atoms with E-state index in [-0.39, 0.29) is 5.97 Å². The van der Waals surface area contributed by atoms with E-state index in [9.17, 15) is 4.79 Å². The SMILES string of the molecule is COC(=O)c1ccc(-c2cccc(CN3CCc4nc(N)ncc4C3)n2)cc1. The Morgan fingerprint density at radius 2 is 2.00 bits per heavy atom. The molecule has 1 aliphatic heterocycles. The third-order valence-electron chi connectivity index (χ3n) is 4.83. The van der Waals surface area contributed by atoms with Gasteiger partial charge in [-0.05, 0) is 24.3 Å². The molecule has 0 saturated heterocycles. The number of fused-ring (bicyclic) bond motifs is 1. The molecule has 2 aromatic heterocycles. The van der Waals surface area contributed by atoms with Crippen LogP contribution in [0.4, 0.5) is 5.95 Å². The van der Waals surface area contributed by atoms with Crippen molar-refractivity contribution in [1.29, 1.82) is 0 Å². The Labute approximate surface area is 163 Å². The molecule has 0 radical (unpaired) electrons. The van der Waals surface area contributed by atoms with Gasteiger partial charge in [0.1, 0.15) is 0 Å². The molecule has 7 nitrogen and oxygen atoms in total. The van der Waals surface area contributed by atoms with Crippen LogP contribution in [-0.4, -0.2) is 39.5 Å². The number of pyridine rings is 1. The molecular weight excluding hydrogens is 354 g/mol. The first kappa shape index (κ1) is 18.1. The number of esters is 1. The van der Waals surface area contributed by atoms with Crippen LogP contribution in [0, 0.1) is 0 Å². The number of nitrogen functional groups attached to an aromatic ring is 1. The summed E-state index contributed by atoms with van der Waals surface area (Å²) >= 11 is 0. The molecule has 7 heteroatoms. The number of methoxy groups -OCH3 is 1. The largest absolute Gasteiger partial charge is 0.465 e. The van der Waals surface area contributed by atoms with Gasteiger partial charge in [-0.1, -0.05) is 18.2 Å². The Morgan fingerprint density at radius 1 is 1.18 bits per heavy atom. The lowest BCUT2D eigenvalue weighted by Crippen LogP contribution is -2.31. The molecule has 2 N–H and O–H groups in total. The monoisotopic (exact) mass is 375 g/mol. The van der Waals surface area contributed by atoms with Gasteiger partial charge in [-0.15, -0.1) is 0 Å². The summed E-state index contributed by atoms with van der Waals surface area (Å²) in [4.78, 5) is 27.1. The van der Waals surface area contributed by atoms with Crippen molar-refractivity contribution in [3.8, 4) is 11.3 Å². The molecule has 0 saturated carbocycles. The zero-order valence-corrected chi connectivity index (χ0v) is 15.6. The number of carbonyl (C=O) groups excluding carboxylic acids is 1. The first-order chi connectivity index (χ1) is 13.6. The van der Waals surface area contributed by atoms with E-state index < -0.39 is 0 Å². The van der Waals surface area contributed by atoms with Crippen LogP contribution in [-0.2, 0) is 24.2 Å². The predicted molar refractivity (Wildman–Crippen MR) is 105 cm³/mol. The summed E-state index contributed by atoms with van der Waals surface area (Å²) in [6.45, 7) is 2.44. The molecule has 0 amide bonds. The van der Waals surface area contributed by atoms with E-state index in [4.69, 9.17) is 15.5 Å². The van der Waals surface area contributed by atoms with Crippen LogP contribution >= 0.6 is 0 Å². The number of nitrogens with two attached hydrogens (primary N) is 1. The van der Waals surface area contributed by atoms with E-state index >= 15 is 0 Å². The first-order valence-electron chi connectivity index (χ1n) is 9.09. The van der Waals surface area contributed by atoms with Crippen molar-refractivity contribution in [2.75, 3.05) is 19.4 Å². The summed E-state index contributed by atoms with van der Waals surface area (Å²) in [5.74, 6) is -0.0100. The number of carbonyl (C=O) groups is 1. The highest BCUT2D eigenvalue weighted by atomic mass is 16.5. The van der Waals surface area contributed by atoms with Crippen molar-refractivity contribution in [3.05, 3.63) is 71.2 Å². The molecule has 0 spiro atoms. The lowest BCUT2D eigenvalue weighted by Gasteiger charge is -2.27. The minimum Gasteiger partial charge on any atom is -0.465 e. The summed E-state index contributed by atoms with van der Waals surface area (Å²) in [5.41, 5.74) is 11.2. The van der Waals surface area contributed by atoms with Gasteiger partial charge in [-0.3, -0.25) is 9.88 Å². The van der Waals surface area contributed by atoms with E-state index in [1.165, 1.54) is 7.11 Å². The maximum Gasteiger partial charge on any atom is 0.337 e. The lowest BCUT2D eigenvalue weighted by molar-refractivity contribution is 0.0601. The molecule has 1 aliphatic rings. The molecule has 3 heterocycles. The zero-order valence-electron chi connectivity index (χ0n) is 15.6. The molecule has 0 fully saturated rings. The second-order valence-corrected chi connectivity index (χ2v) is 6.74. The quantitative estimate of drug-likeness (QED) is 0.700. The normalized spacial score (nSPS) is 13.8. The average molecular weight is 375 g/mol. The van der Waals surface area contributed by atoms with Crippen LogP contribution in [0.25, 0.3) is 11.3 Å². The maximum absolute atomic E-state index is 11.6. The summed E-state index contributed by atoms with van der Waals surface area (Å²) in [5, 5.41) is 0. The number of nitrogens with zero attached hydrogens (tertiary/aromatic N) is 4. The standard InChI is InChI=1S/C21H21N5O2/c1-28-20(27)15-7-5-14(6-8-15)18-4-2-3-17(24-18)13-26-10-9-19-16(12-26)11-23-21(22)25-19/h2-8,11H,9-10,12-13H2,1H3,(H2,22,23,25). The third kappa shape index (κ3) is 3.84. The molecular formula is C21H21N5O2. The molecule has 4 rings (SSSR count). The van der Waals surface area contributed by atoms with E-state index in [1.807, 2.05) is 36.5 Å². The fourth-order valence-electron chi connectivity index (χ4n) is 3.38. The number of hydrogen-bond donors (Lipinski definition) is 1. The highest BCUT2D eigenvalue weighted by Gasteiger charge is 2.18. The van der Waals surface area contributed by atoms with Gasteiger partial charge in [0.15, 0.2) is 0 Å². The van der Waals surface area contributed by atoms with Gasteiger partial charge in [-0.2, -0.15) is 0 Å². The fourth-order valence-corrected chi connectivity index (χ4v) is 3.38. The maximum atomic E-state index is 11.6. The van der Waals surface area contributed by atoms with Gasteiger partial charge in [0.05, 0.1) is 29.8 Å². The lowest BCUT2D eigenvalue weighted by atomic mass is 10.1. The van der Waals surface area contributed by atoms with Gasteiger partial charge < -0.3 is 10.5 Å². The molecule has 0 aliphatic carbocycles. The average Bonchev–Trinajstić information content (AvgIpc) is 2.73. The molecule has 0 bridgehead atoms. The fraction of sp³-hybridized carbons (Fsp3) is 0.238. The van der Waals surface area contributed by atoms with Crippen molar-refractivity contribution in [2.45, 2.75) is 19.5 Å². The van der Waals surface area contributed by atoms with Crippen LogP contribution in [0.2, 0.25) is 0 Å². The van der Waals surface area contributed by atoms with Gasteiger partial charge in [-0.25, -0.2) is 14.8 Å². The van der Waals surface area contributed by atoms with Gasteiger partial charge in [0.25, 0.3) is 0 Å². The summed E-state index contributed by atoms with van der Waals surface area (Å²) in [6.07, 6.45) is 2.67. The zero-order chi connectivity index (χ0) is 19.5. The Bertz CT molecular complexity index is 1000. The molecule has 0 unspecified atom stereocenters. The van der Waals surface area contributed by atoms with Crippen LogP contribution in [0.15, 0.2) is 48.7 Å². The summed E-state index contributed by atoms with van der Waals surface area (Å²) < 4.78 is 4.74. The number of rotatable bonds is 4. The Balaban J connectivity index is 1.48. The Kier molecular flexibility index (Phi) is 4.99. The van der Waals surface area contributed by atoms with Crippen LogP contribution < -0.4 is 5.73 Å². The number of benzene rings is 1. The Hall–Kier alpha value is -3.32. The van der Waals surface area contributed by atoms with E-state index in [0.29, 0.717) is 11.5 Å². The molecule has 3 aromatic rings. The smallest absolute Gasteiger partial charge is 0.337 e. The van der Waals surface area contributed by atoms with Crippen LogP contribution in [0.1, 0.15) is 27.3 Å². The predicted octanol–water partition coefficient (Wildman–Crippen LogP) is 2.47. The highest BCUT2D eigenvalue weighted by Crippen LogP contribution is 2.21. The second-order valence-electron chi connectivity index (χ2n) is 6.74. The summed E-state index contributed by atoms with van der Waals surface area (Å²) in [6, 6.07) is 13.3. The van der Waals surface area contributed by atoms with Crippen LogP contribution in [0.3, 0.4) is 0 Å². The number of anilines is 1. The van der Waals surface area contributed by atoms with Gasteiger partial charge >= 0.3 is 5.97 Å². The third-order valence-corrected chi connectivity index (χ3v) is 4.83. The first-order valence-corrected chi connectivity index (χ1v) is 9.09. The highest BCUT2D eigenvalue weighted by molar-refractivity contribution is 5.89. The van der Waals surface area contributed by atoms with Crippen molar-refractivity contribution in [3.63, 3.8) is 0 Å². The van der Waals surface area contributed by atoms with Crippen LogP contribution in [0.5, 0.6) is 0 Å². The number of hydrogen-bond acceptors (Lipinski definition) is 7. The van der Waals surface area contributed by atoms with E-state index in [1.54, 1.807) is 12.1 Å². The van der Waals surface area contributed by atoms with Crippen molar-refractivity contribution < 1.29 is 9.53 Å². The Morgan fingerprint density at radius 3 is 2.79 bits per heavy atom. The number of ether oxygens (including phenoxy) is 1. The topological polar surface area (TPSA) is 94.2 Å². The van der Waals surface area contributed by atoms with Crippen molar-refractivity contribution >= 4 is 11.9 Å². The van der Waals surface area contributed by atoms with Crippen molar-refractivity contribution in [1.82, 2.24) is 19.9 Å². The van der Waals surface area contributed by atoms with E-state index in [2.05, 4.69) is 14.9 Å². The summed E-state index contributed by atoms with van der Waals surface area (Å²) in [7, 11) is 1.38. The van der Waals surface area contributed by atoms with Gasteiger partial charge in [0.2, 0.25) is 5.95 Å². The van der Waals surface area contributed by atoms with Gasteiger partial charge in [0, 0.05) is 43.4 Å². The number of aromatic nitrogens is 3. The minimum atomic E-state index is -0.343. The molecule has 0 atom stereocenters. The minimum absolute atomic E-state index is 0.333. The van der Waals surface area contributed by atoms with Crippen molar-refractivity contribution in [2.24, 2.45) is 0 Å². The van der Waals surface area contributed by atoms with E-state index in [0.717, 1.165) is 54.3 Å².